The molecular formula is C8H6BFIN2P. The number of fused-ring (bicyclic) bond motifs is 1. The lowest BCUT2D eigenvalue weighted by molar-refractivity contribution is 0.621. The number of nitrogens with zero attached hydrogens (tertiary/aromatic N) is 2. The third-order valence-electron chi connectivity index (χ3n) is 2.20. The molecule has 0 spiro atoms. The molecule has 0 saturated heterocycles. The van der Waals surface area contributed by atoms with Crippen LogP contribution in [-0.2, 0) is 0 Å². The highest BCUT2D eigenvalue weighted by Gasteiger charge is 2.09. The first-order valence-corrected chi connectivity index (χ1v) is 8.00. The second kappa shape index (κ2) is 3.78. The number of halogens is 2. The van der Waals surface area contributed by atoms with E-state index in [1.165, 1.54) is 6.07 Å². The van der Waals surface area contributed by atoms with Crippen LogP contribution in [0.4, 0.5) is 4.39 Å². The molecule has 70 valence electrons. The zero-order valence-corrected chi connectivity index (χ0v) is 10.5. The molecule has 2 radical (unpaired) electrons. The summed E-state index contributed by atoms with van der Waals surface area (Å²) in [6, 6.07) is 1.49. The summed E-state index contributed by atoms with van der Waals surface area (Å²) >= 11 is 2.20. The van der Waals surface area contributed by atoms with Crippen LogP contribution in [0.5, 0.6) is 0 Å². The number of rotatable bonds is 1. The molecule has 14 heavy (non-hydrogen) atoms. The Kier molecular flexibility index (Phi) is 2.80. The summed E-state index contributed by atoms with van der Waals surface area (Å²) in [6.45, 7) is 1.67. The van der Waals surface area contributed by atoms with Crippen molar-refractivity contribution in [2.75, 3.05) is 0 Å². The van der Waals surface area contributed by atoms with Gasteiger partial charge in [-0.25, -0.2) is 8.84 Å². The first-order chi connectivity index (χ1) is 6.65. The Balaban J connectivity index is 2.86. The van der Waals surface area contributed by atoms with Crippen LogP contribution in [0.3, 0.4) is 0 Å². The van der Waals surface area contributed by atoms with E-state index in [4.69, 9.17) is 7.85 Å². The molecule has 1 heterocycles. The predicted octanol–water partition coefficient (Wildman–Crippen LogP) is 2.07. The first kappa shape index (κ1) is 10.4. The van der Waals surface area contributed by atoms with Gasteiger partial charge in [0.1, 0.15) is 13.7 Å². The van der Waals surface area contributed by atoms with Gasteiger partial charge in [-0.05, 0) is 34.5 Å². The zero-order valence-electron chi connectivity index (χ0n) is 7.38. The molecule has 0 saturated carbocycles. The van der Waals surface area contributed by atoms with Crippen molar-refractivity contribution < 1.29 is 4.39 Å². The predicted molar refractivity (Wildman–Crippen MR) is 67.5 cm³/mol. The fourth-order valence-electron chi connectivity index (χ4n) is 1.33. The maximum atomic E-state index is 13.4. The normalized spacial score (nSPS) is 11.9. The Morgan fingerprint density at radius 1 is 1.64 bits per heavy atom. The Morgan fingerprint density at radius 2 is 2.36 bits per heavy atom. The summed E-state index contributed by atoms with van der Waals surface area (Å²) < 4.78 is 15.1. The second-order valence-electron chi connectivity index (χ2n) is 2.97. The van der Waals surface area contributed by atoms with Crippen molar-refractivity contribution in [3.63, 3.8) is 0 Å². The second-order valence-corrected chi connectivity index (χ2v) is 5.01. The monoisotopic (exact) mass is 318 g/mol. The molecule has 2 rings (SSSR count). The minimum absolute atomic E-state index is 0.272. The van der Waals surface area contributed by atoms with Crippen molar-refractivity contribution in [2.24, 2.45) is 0 Å². The van der Waals surface area contributed by atoms with E-state index in [0.717, 1.165) is 10.9 Å². The first-order valence-electron chi connectivity index (χ1n) is 3.94. The van der Waals surface area contributed by atoms with E-state index in [1.807, 2.05) is 0 Å². The van der Waals surface area contributed by atoms with Crippen LogP contribution < -0.4 is 5.46 Å². The highest BCUT2D eigenvalue weighted by molar-refractivity contribution is 14.2. The number of benzene rings is 1. The lowest BCUT2D eigenvalue weighted by atomic mass is 9.88. The molecule has 0 aliphatic rings. The van der Waals surface area contributed by atoms with Crippen LogP contribution >= 0.6 is 28.4 Å². The van der Waals surface area contributed by atoms with Gasteiger partial charge in [0.25, 0.3) is 0 Å². The van der Waals surface area contributed by atoms with Gasteiger partial charge in [0, 0.05) is 11.5 Å². The van der Waals surface area contributed by atoms with Gasteiger partial charge in [0.2, 0.25) is 0 Å². The quantitative estimate of drug-likeness (QED) is 0.447. The summed E-state index contributed by atoms with van der Waals surface area (Å²) in [5.41, 5.74) is 1.74. The van der Waals surface area contributed by atoms with Crippen molar-refractivity contribution in [1.29, 1.82) is 0 Å². The van der Waals surface area contributed by atoms with E-state index in [0.29, 0.717) is 17.4 Å². The molecule has 0 aliphatic carbocycles. The molecule has 0 amide bonds. The van der Waals surface area contributed by atoms with Crippen molar-refractivity contribution in [2.45, 2.75) is 6.92 Å². The summed E-state index contributed by atoms with van der Waals surface area (Å²) in [5.74, 6) is -0.272. The van der Waals surface area contributed by atoms with Gasteiger partial charge in [-0.15, -0.1) is 0 Å². The van der Waals surface area contributed by atoms with Crippen molar-refractivity contribution in [3.8, 4) is 0 Å². The smallest absolute Gasteiger partial charge is 0.127 e. The third kappa shape index (κ3) is 1.46. The molecular weight excluding hydrogens is 312 g/mol. The standard InChI is InChI=1S/C8H6BFIN2P/c1-4-6(10)2-7-5(8(4)9)3-12-13(7)14-11/h2-3,14H,1H3. The molecule has 0 aliphatic heterocycles. The molecule has 1 unspecified atom stereocenters. The van der Waals surface area contributed by atoms with Crippen molar-refractivity contribution >= 4 is 52.6 Å². The molecule has 1 atom stereocenters. The molecule has 0 fully saturated rings. The van der Waals surface area contributed by atoms with Crippen LogP contribution in [0, 0.1) is 12.7 Å². The van der Waals surface area contributed by atoms with Crippen LogP contribution in [0.25, 0.3) is 10.9 Å². The van der Waals surface area contributed by atoms with Gasteiger partial charge < -0.3 is 0 Å². The van der Waals surface area contributed by atoms with E-state index in [1.54, 1.807) is 17.6 Å². The fourth-order valence-corrected chi connectivity index (χ4v) is 2.86. The highest BCUT2D eigenvalue weighted by atomic mass is 127. The minimum atomic E-state index is -0.272. The van der Waals surface area contributed by atoms with E-state index in [2.05, 4.69) is 27.1 Å². The van der Waals surface area contributed by atoms with Crippen molar-refractivity contribution in [1.82, 2.24) is 9.55 Å². The lowest BCUT2D eigenvalue weighted by Crippen LogP contribution is -2.10. The maximum Gasteiger partial charge on any atom is 0.127 e. The van der Waals surface area contributed by atoms with Crippen LogP contribution in [-0.4, -0.2) is 17.4 Å². The number of hydrogen-bond acceptors (Lipinski definition) is 1. The van der Waals surface area contributed by atoms with Gasteiger partial charge >= 0.3 is 0 Å². The molecule has 1 aromatic heterocycles. The topological polar surface area (TPSA) is 17.8 Å². The molecule has 0 bridgehead atoms. The van der Waals surface area contributed by atoms with E-state index in [9.17, 15) is 4.39 Å². The molecule has 6 heteroatoms. The molecule has 2 nitrogen and oxygen atoms in total. The largest absolute Gasteiger partial charge is 0.237 e. The SMILES string of the molecule is [B]c1c(C)c(F)cc2c1cnn2PI. The number of aromatic nitrogens is 2. The maximum absolute atomic E-state index is 13.4. The lowest BCUT2D eigenvalue weighted by Gasteiger charge is -2.04. The summed E-state index contributed by atoms with van der Waals surface area (Å²) in [7, 11) is 5.79. The van der Waals surface area contributed by atoms with Gasteiger partial charge in [0.15, 0.2) is 0 Å². The molecule has 1 aromatic carbocycles. The van der Waals surface area contributed by atoms with Gasteiger partial charge in [-0.1, -0.05) is 5.46 Å². The van der Waals surface area contributed by atoms with E-state index < -0.39 is 0 Å². The average Bonchev–Trinajstić information content (AvgIpc) is 2.57. The zero-order chi connectivity index (χ0) is 10.3. The minimum Gasteiger partial charge on any atom is -0.237 e. The molecule has 2 aromatic rings. The van der Waals surface area contributed by atoms with Gasteiger partial charge in [-0.3, -0.25) is 0 Å². The van der Waals surface area contributed by atoms with Crippen LogP contribution in [0.1, 0.15) is 5.56 Å². The number of hydrogen-bond donors (Lipinski definition) is 0. The Bertz CT molecular complexity index is 500. The Labute approximate surface area is 97.0 Å². The third-order valence-corrected chi connectivity index (χ3v) is 4.09. The van der Waals surface area contributed by atoms with Crippen LogP contribution in [0.2, 0.25) is 0 Å². The highest BCUT2D eigenvalue weighted by Crippen LogP contribution is 2.28. The molecule has 0 N–H and O–H groups in total. The Hall–Kier alpha value is -0.155. The summed E-state index contributed by atoms with van der Waals surface area (Å²) in [4.78, 5) is 0. The van der Waals surface area contributed by atoms with Crippen LogP contribution in [0.15, 0.2) is 12.3 Å². The van der Waals surface area contributed by atoms with E-state index in [-0.39, 0.29) is 5.82 Å². The van der Waals surface area contributed by atoms with E-state index >= 15 is 0 Å². The average molecular weight is 318 g/mol. The Morgan fingerprint density at radius 3 is 3.00 bits per heavy atom. The van der Waals surface area contributed by atoms with Crippen molar-refractivity contribution in [3.05, 3.63) is 23.6 Å². The van der Waals surface area contributed by atoms with Gasteiger partial charge in [-0.2, -0.15) is 5.10 Å². The summed E-state index contributed by atoms with van der Waals surface area (Å²) in [5, 5.41) is 4.96. The summed E-state index contributed by atoms with van der Waals surface area (Å²) in [6.07, 6.45) is 2.13. The fraction of sp³-hybridized carbons (Fsp3) is 0.125. The van der Waals surface area contributed by atoms with Gasteiger partial charge in [0.05, 0.1) is 18.1 Å².